The molecule has 1 N–H and O–H groups in total. The molecule has 0 radical (unpaired) electrons. The molecule has 1 aromatic rings. The minimum Gasteiger partial charge on any atom is -0.309 e. The molecule has 1 aromatic carbocycles. The lowest BCUT2D eigenvalue weighted by molar-refractivity contribution is -0.922. The number of hydrogen-bond acceptors (Lipinski definition) is 1. The monoisotopic (exact) mass is 317 g/mol. The van der Waals surface area contributed by atoms with Crippen molar-refractivity contribution >= 4 is 5.91 Å². The molecule has 1 aliphatic heterocycles. The second-order valence-electron chi connectivity index (χ2n) is 8.08. The van der Waals surface area contributed by atoms with Crippen LogP contribution in [0.3, 0.4) is 0 Å². The Morgan fingerprint density at radius 2 is 1.83 bits per heavy atom. The second kappa shape index (κ2) is 7.48. The van der Waals surface area contributed by atoms with E-state index in [1.165, 1.54) is 18.4 Å². The van der Waals surface area contributed by atoms with Gasteiger partial charge in [0, 0.05) is 6.42 Å². The molecule has 1 saturated heterocycles. The first-order chi connectivity index (χ1) is 10.8. The first-order valence-corrected chi connectivity index (χ1v) is 9.01. The van der Waals surface area contributed by atoms with Crippen molar-refractivity contribution in [2.24, 2.45) is 5.92 Å². The molecule has 2 rings (SSSR count). The van der Waals surface area contributed by atoms with E-state index >= 15 is 0 Å². The second-order valence-corrected chi connectivity index (χ2v) is 8.08. The van der Waals surface area contributed by atoms with Crippen LogP contribution in [-0.2, 0) is 11.2 Å². The third-order valence-electron chi connectivity index (χ3n) is 5.13. The molecule has 128 valence electrons. The Morgan fingerprint density at radius 3 is 2.39 bits per heavy atom. The molecule has 3 nitrogen and oxygen atoms in total. The molecule has 23 heavy (non-hydrogen) atoms. The Bertz CT molecular complexity index is 519. The maximum Gasteiger partial charge on any atom is 0.231 e. The highest BCUT2D eigenvalue weighted by atomic mass is 16.2. The van der Waals surface area contributed by atoms with Gasteiger partial charge in [-0.15, -0.1) is 0 Å². The molecule has 1 fully saturated rings. The molecule has 0 bridgehead atoms. The van der Waals surface area contributed by atoms with E-state index in [0.29, 0.717) is 5.92 Å². The van der Waals surface area contributed by atoms with Crippen molar-refractivity contribution < 1.29 is 9.28 Å². The summed E-state index contributed by atoms with van der Waals surface area (Å²) in [5.74, 6) is 0.720. The smallest absolute Gasteiger partial charge is 0.231 e. The van der Waals surface area contributed by atoms with Crippen molar-refractivity contribution in [3.63, 3.8) is 0 Å². The standard InChI is InChI=1S/C20H32N2O/c1-15(2)14-17-9-11-18(12-10-17)16(3)20(23)21-19-8-6-7-13-22(19,4)5/h9-12,15-16,19H,6-8,13-14H2,1-5H3/p+1/t16-,19-/m1/s1. The van der Waals surface area contributed by atoms with Gasteiger partial charge >= 0.3 is 0 Å². The van der Waals surface area contributed by atoms with E-state index in [1.807, 2.05) is 6.92 Å². The highest BCUT2D eigenvalue weighted by Crippen LogP contribution is 2.22. The van der Waals surface area contributed by atoms with Crippen LogP contribution in [0.5, 0.6) is 0 Å². The normalized spacial score (nSPS) is 21.9. The predicted molar refractivity (Wildman–Crippen MR) is 96.2 cm³/mol. The predicted octanol–water partition coefficient (Wildman–Crippen LogP) is 3.69. The van der Waals surface area contributed by atoms with E-state index in [0.717, 1.165) is 29.4 Å². The third kappa shape index (κ3) is 4.81. The van der Waals surface area contributed by atoms with Gasteiger partial charge in [0.25, 0.3) is 0 Å². The van der Waals surface area contributed by atoms with Crippen molar-refractivity contribution in [1.29, 1.82) is 0 Å². The van der Waals surface area contributed by atoms with E-state index in [-0.39, 0.29) is 18.0 Å². The maximum atomic E-state index is 12.6. The third-order valence-corrected chi connectivity index (χ3v) is 5.13. The molecular formula is C20H33N2O+. The lowest BCUT2D eigenvalue weighted by Gasteiger charge is -2.41. The van der Waals surface area contributed by atoms with Crippen LogP contribution in [0, 0.1) is 5.92 Å². The summed E-state index contributed by atoms with van der Waals surface area (Å²) in [6.07, 6.45) is 4.89. The topological polar surface area (TPSA) is 29.1 Å². The molecular weight excluding hydrogens is 284 g/mol. The first kappa shape index (κ1) is 18.0. The number of benzene rings is 1. The molecule has 0 unspecified atom stereocenters. The fourth-order valence-electron chi connectivity index (χ4n) is 3.46. The minimum atomic E-state index is -0.0926. The van der Waals surface area contributed by atoms with Crippen LogP contribution in [-0.4, -0.2) is 37.2 Å². The molecule has 1 amide bonds. The van der Waals surface area contributed by atoms with Gasteiger partial charge in [-0.2, -0.15) is 0 Å². The van der Waals surface area contributed by atoms with Crippen LogP contribution in [0.4, 0.5) is 0 Å². The van der Waals surface area contributed by atoms with Gasteiger partial charge in [0.2, 0.25) is 5.91 Å². The van der Waals surface area contributed by atoms with E-state index in [1.54, 1.807) is 0 Å². The summed E-state index contributed by atoms with van der Waals surface area (Å²) in [6, 6.07) is 8.56. The van der Waals surface area contributed by atoms with Gasteiger partial charge in [0.05, 0.1) is 26.6 Å². The molecule has 0 aromatic heterocycles. The Morgan fingerprint density at radius 1 is 1.17 bits per heavy atom. The maximum absolute atomic E-state index is 12.6. The average Bonchev–Trinajstić information content (AvgIpc) is 2.48. The fraction of sp³-hybridized carbons (Fsp3) is 0.650. The van der Waals surface area contributed by atoms with Gasteiger partial charge in [-0.1, -0.05) is 38.1 Å². The van der Waals surface area contributed by atoms with Gasteiger partial charge in [0.15, 0.2) is 6.17 Å². The number of likely N-dealkylation sites (tertiary alicyclic amines) is 1. The van der Waals surface area contributed by atoms with Crippen molar-refractivity contribution in [2.45, 2.75) is 58.5 Å². The van der Waals surface area contributed by atoms with Crippen LogP contribution in [0.1, 0.15) is 57.1 Å². The Balaban J connectivity index is 1.99. The number of carbonyl (C=O) groups excluding carboxylic acids is 1. The summed E-state index contributed by atoms with van der Waals surface area (Å²) in [4.78, 5) is 12.6. The molecule has 0 aliphatic carbocycles. The van der Waals surface area contributed by atoms with Gasteiger partial charge in [0.1, 0.15) is 0 Å². The Labute approximate surface area is 141 Å². The number of amides is 1. The summed E-state index contributed by atoms with van der Waals surface area (Å²) in [7, 11) is 4.44. The number of quaternary nitrogens is 1. The number of hydrogen-bond donors (Lipinski definition) is 1. The zero-order valence-corrected chi connectivity index (χ0v) is 15.4. The SMILES string of the molecule is CC(C)Cc1ccc([C@@H](C)C(=O)N[C@H]2CCCC[N+]2(C)C)cc1. The molecule has 2 atom stereocenters. The highest BCUT2D eigenvalue weighted by molar-refractivity contribution is 5.83. The average molecular weight is 317 g/mol. The van der Waals surface area contributed by atoms with Gasteiger partial charge in [-0.05, 0) is 43.2 Å². The summed E-state index contributed by atoms with van der Waals surface area (Å²) in [5, 5.41) is 3.29. The van der Waals surface area contributed by atoms with Gasteiger partial charge < -0.3 is 9.80 Å². The Hall–Kier alpha value is -1.35. The molecule has 1 aliphatic rings. The van der Waals surface area contributed by atoms with Crippen LogP contribution in [0.2, 0.25) is 0 Å². The van der Waals surface area contributed by atoms with Crippen molar-refractivity contribution in [3.05, 3.63) is 35.4 Å². The lowest BCUT2D eigenvalue weighted by atomic mass is 9.96. The van der Waals surface area contributed by atoms with Crippen LogP contribution >= 0.6 is 0 Å². The zero-order valence-electron chi connectivity index (χ0n) is 15.4. The molecule has 0 spiro atoms. The summed E-state index contributed by atoms with van der Waals surface area (Å²) in [6.45, 7) is 7.61. The summed E-state index contributed by atoms with van der Waals surface area (Å²) in [5.41, 5.74) is 2.46. The minimum absolute atomic E-state index is 0.0926. The van der Waals surface area contributed by atoms with Crippen molar-refractivity contribution in [2.75, 3.05) is 20.6 Å². The van der Waals surface area contributed by atoms with Crippen LogP contribution < -0.4 is 5.32 Å². The summed E-state index contributed by atoms with van der Waals surface area (Å²) < 4.78 is 0.895. The Kier molecular flexibility index (Phi) is 5.85. The van der Waals surface area contributed by atoms with E-state index in [4.69, 9.17) is 0 Å². The number of carbonyl (C=O) groups is 1. The van der Waals surface area contributed by atoms with Gasteiger partial charge in [-0.25, -0.2) is 0 Å². The van der Waals surface area contributed by atoms with E-state index in [2.05, 4.69) is 57.5 Å². The quantitative estimate of drug-likeness (QED) is 0.825. The number of rotatable bonds is 5. The number of nitrogens with zero attached hydrogens (tertiary/aromatic N) is 1. The first-order valence-electron chi connectivity index (χ1n) is 9.01. The molecule has 0 saturated carbocycles. The zero-order chi connectivity index (χ0) is 17.0. The van der Waals surface area contributed by atoms with Crippen LogP contribution in [0.25, 0.3) is 0 Å². The van der Waals surface area contributed by atoms with E-state index in [9.17, 15) is 4.79 Å². The van der Waals surface area contributed by atoms with Crippen molar-refractivity contribution in [1.82, 2.24) is 5.32 Å². The number of piperidine rings is 1. The fourth-order valence-corrected chi connectivity index (χ4v) is 3.46. The van der Waals surface area contributed by atoms with Crippen LogP contribution in [0.15, 0.2) is 24.3 Å². The summed E-state index contributed by atoms with van der Waals surface area (Å²) >= 11 is 0. The highest BCUT2D eigenvalue weighted by Gasteiger charge is 2.33. The van der Waals surface area contributed by atoms with E-state index < -0.39 is 0 Å². The largest absolute Gasteiger partial charge is 0.309 e. The van der Waals surface area contributed by atoms with Crippen molar-refractivity contribution in [3.8, 4) is 0 Å². The molecule has 1 heterocycles. The van der Waals surface area contributed by atoms with Gasteiger partial charge in [-0.3, -0.25) is 4.79 Å². The lowest BCUT2D eigenvalue weighted by Crippen LogP contribution is -2.60. The molecule has 3 heteroatoms. The number of nitrogens with one attached hydrogen (secondary N) is 1.